The molecule has 18 heavy (non-hydrogen) atoms. The van der Waals surface area contributed by atoms with Crippen LogP contribution in [0.4, 0.5) is 4.79 Å². The number of nitrogens with one attached hydrogen (secondary N) is 2. The minimum absolute atomic E-state index is 0.126. The Labute approximate surface area is 110 Å². The number of urea groups is 1. The van der Waals surface area contributed by atoms with E-state index < -0.39 is 0 Å². The maximum absolute atomic E-state index is 12.1. The van der Waals surface area contributed by atoms with Crippen molar-refractivity contribution in [2.24, 2.45) is 5.92 Å². The topological polar surface area (TPSA) is 44.4 Å². The SMILES string of the molecule is CC1CCCN(C(=O)NCC2CCCC(C)N2)C1. The van der Waals surface area contributed by atoms with Crippen molar-refractivity contribution in [3.8, 4) is 0 Å². The van der Waals surface area contributed by atoms with Gasteiger partial charge in [-0.05, 0) is 38.5 Å². The summed E-state index contributed by atoms with van der Waals surface area (Å²) in [5, 5.41) is 6.64. The summed E-state index contributed by atoms with van der Waals surface area (Å²) in [4.78, 5) is 14.0. The van der Waals surface area contributed by atoms with Crippen LogP contribution in [0.5, 0.6) is 0 Å². The van der Waals surface area contributed by atoms with E-state index >= 15 is 0 Å². The van der Waals surface area contributed by atoms with Gasteiger partial charge in [0.2, 0.25) is 0 Å². The summed E-state index contributed by atoms with van der Waals surface area (Å²) in [6.07, 6.45) is 6.11. The first-order chi connectivity index (χ1) is 8.65. The van der Waals surface area contributed by atoms with Gasteiger partial charge < -0.3 is 15.5 Å². The van der Waals surface area contributed by atoms with Crippen LogP contribution in [0.2, 0.25) is 0 Å². The van der Waals surface area contributed by atoms with Crippen molar-refractivity contribution in [2.45, 2.75) is 58.0 Å². The van der Waals surface area contributed by atoms with E-state index in [4.69, 9.17) is 0 Å². The lowest BCUT2D eigenvalue weighted by molar-refractivity contribution is 0.167. The molecule has 2 rings (SSSR count). The molecule has 2 N–H and O–H groups in total. The van der Waals surface area contributed by atoms with Gasteiger partial charge in [-0.3, -0.25) is 0 Å². The number of likely N-dealkylation sites (tertiary alicyclic amines) is 1. The van der Waals surface area contributed by atoms with Crippen LogP contribution in [0.25, 0.3) is 0 Å². The number of piperidine rings is 2. The number of hydrogen-bond donors (Lipinski definition) is 2. The van der Waals surface area contributed by atoms with Gasteiger partial charge >= 0.3 is 6.03 Å². The van der Waals surface area contributed by atoms with Crippen LogP contribution in [-0.4, -0.2) is 42.6 Å². The Morgan fingerprint density at radius 1 is 1.28 bits per heavy atom. The Hall–Kier alpha value is -0.770. The summed E-state index contributed by atoms with van der Waals surface area (Å²) in [5.74, 6) is 0.650. The standard InChI is InChI=1S/C14H27N3O/c1-11-5-4-8-17(10-11)14(18)15-9-13-7-3-6-12(2)16-13/h11-13,16H,3-10H2,1-2H3,(H,15,18). The molecule has 2 aliphatic rings. The van der Waals surface area contributed by atoms with Crippen molar-refractivity contribution < 1.29 is 4.79 Å². The third kappa shape index (κ3) is 3.87. The maximum atomic E-state index is 12.1. The molecular formula is C14H27N3O. The molecule has 3 atom stereocenters. The first kappa shape index (κ1) is 13.7. The van der Waals surface area contributed by atoms with Crippen LogP contribution >= 0.6 is 0 Å². The number of rotatable bonds is 2. The van der Waals surface area contributed by atoms with Gasteiger partial charge in [-0.2, -0.15) is 0 Å². The second-order valence-corrected chi connectivity index (χ2v) is 6.08. The van der Waals surface area contributed by atoms with Crippen LogP contribution in [0, 0.1) is 5.92 Å². The highest BCUT2D eigenvalue weighted by molar-refractivity contribution is 5.74. The van der Waals surface area contributed by atoms with Gasteiger partial charge in [0.15, 0.2) is 0 Å². The second kappa shape index (κ2) is 6.41. The Balaban J connectivity index is 1.70. The maximum Gasteiger partial charge on any atom is 0.317 e. The summed E-state index contributed by atoms with van der Waals surface area (Å²) < 4.78 is 0. The normalized spacial score (nSPS) is 33.2. The molecule has 0 bridgehead atoms. The predicted octanol–water partition coefficient (Wildman–Crippen LogP) is 1.96. The minimum Gasteiger partial charge on any atom is -0.336 e. The number of amides is 2. The van der Waals surface area contributed by atoms with Gasteiger partial charge in [0.05, 0.1) is 0 Å². The molecule has 0 aromatic heterocycles. The van der Waals surface area contributed by atoms with Crippen molar-refractivity contribution >= 4 is 6.03 Å². The molecular weight excluding hydrogens is 226 g/mol. The van der Waals surface area contributed by atoms with Crippen LogP contribution in [0.15, 0.2) is 0 Å². The molecule has 2 heterocycles. The number of hydrogen-bond acceptors (Lipinski definition) is 2. The minimum atomic E-state index is 0.126. The molecule has 4 nitrogen and oxygen atoms in total. The molecule has 3 unspecified atom stereocenters. The van der Waals surface area contributed by atoms with Gasteiger partial charge in [-0.1, -0.05) is 13.3 Å². The Kier molecular flexibility index (Phi) is 4.87. The van der Waals surface area contributed by atoms with Crippen molar-refractivity contribution in [3.63, 3.8) is 0 Å². The molecule has 2 saturated heterocycles. The third-order valence-corrected chi connectivity index (χ3v) is 4.15. The second-order valence-electron chi connectivity index (χ2n) is 6.08. The van der Waals surface area contributed by atoms with Crippen molar-refractivity contribution in [3.05, 3.63) is 0 Å². The summed E-state index contributed by atoms with van der Waals surface area (Å²) in [6.45, 7) is 7.06. The lowest BCUT2D eigenvalue weighted by Crippen LogP contribution is -2.51. The molecule has 0 aliphatic carbocycles. The van der Waals surface area contributed by atoms with Crippen LogP contribution < -0.4 is 10.6 Å². The zero-order valence-corrected chi connectivity index (χ0v) is 11.7. The van der Waals surface area contributed by atoms with Crippen molar-refractivity contribution in [1.82, 2.24) is 15.5 Å². The number of nitrogens with zero attached hydrogens (tertiary/aromatic N) is 1. The van der Waals surface area contributed by atoms with Gasteiger partial charge in [-0.15, -0.1) is 0 Å². The highest BCUT2D eigenvalue weighted by Crippen LogP contribution is 2.15. The van der Waals surface area contributed by atoms with Crippen molar-refractivity contribution in [1.29, 1.82) is 0 Å². The molecule has 2 amide bonds. The van der Waals surface area contributed by atoms with Crippen LogP contribution in [0.3, 0.4) is 0 Å². The quantitative estimate of drug-likeness (QED) is 0.790. The lowest BCUT2D eigenvalue weighted by Gasteiger charge is -2.33. The van der Waals surface area contributed by atoms with E-state index in [2.05, 4.69) is 24.5 Å². The molecule has 104 valence electrons. The summed E-state index contributed by atoms with van der Waals surface area (Å²) >= 11 is 0. The zero-order valence-electron chi connectivity index (χ0n) is 11.7. The molecule has 0 radical (unpaired) electrons. The number of carbonyl (C=O) groups excluding carboxylic acids is 1. The number of carbonyl (C=O) groups is 1. The lowest BCUT2D eigenvalue weighted by atomic mass is 9.99. The smallest absolute Gasteiger partial charge is 0.317 e. The summed E-state index contributed by atoms with van der Waals surface area (Å²) in [6, 6.07) is 1.18. The van der Waals surface area contributed by atoms with E-state index in [1.807, 2.05) is 4.90 Å². The molecule has 2 aliphatic heterocycles. The molecule has 0 spiro atoms. The Morgan fingerprint density at radius 2 is 2.11 bits per heavy atom. The molecule has 0 aromatic rings. The van der Waals surface area contributed by atoms with Crippen LogP contribution in [0.1, 0.15) is 46.0 Å². The van der Waals surface area contributed by atoms with Crippen molar-refractivity contribution in [2.75, 3.05) is 19.6 Å². The van der Waals surface area contributed by atoms with E-state index in [-0.39, 0.29) is 6.03 Å². The van der Waals surface area contributed by atoms with E-state index in [9.17, 15) is 4.79 Å². The average molecular weight is 253 g/mol. The van der Waals surface area contributed by atoms with Gasteiger partial charge in [0.1, 0.15) is 0 Å². The summed E-state index contributed by atoms with van der Waals surface area (Å²) in [5.41, 5.74) is 0. The summed E-state index contributed by atoms with van der Waals surface area (Å²) in [7, 11) is 0. The first-order valence-corrected chi connectivity index (χ1v) is 7.44. The molecule has 0 saturated carbocycles. The van der Waals surface area contributed by atoms with E-state index in [0.717, 1.165) is 26.1 Å². The largest absolute Gasteiger partial charge is 0.336 e. The van der Waals surface area contributed by atoms with E-state index in [1.165, 1.54) is 25.7 Å². The van der Waals surface area contributed by atoms with Gasteiger partial charge in [0.25, 0.3) is 0 Å². The third-order valence-electron chi connectivity index (χ3n) is 4.15. The fourth-order valence-corrected chi connectivity index (χ4v) is 3.10. The van der Waals surface area contributed by atoms with Gasteiger partial charge in [-0.25, -0.2) is 4.79 Å². The average Bonchev–Trinajstić information content (AvgIpc) is 2.36. The fraction of sp³-hybridized carbons (Fsp3) is 0.929. The van der Waals surface area contributed by atoms with E-state index in [1.54, 1.807) is 0 Å². The Bertz CT molecular complexity index is 282. The predicted molar refractivity (Wildman–Crippen MR) is 73.6 cm³/mol. The van der Waals surface area contributed by atoms with E-state index in [0.29, 0.717) is 18.0 Å². The molecule has 2 fully saturated rings. The highest BCUT2D eigenvalue weighted by atomic mass is 16.2. The van der Waals surface area contributed by atoms with Crippen LogP contribution in [-0.2, 0) is 0 Å². The monoisotopic (exact) mass is 253 g/mol. The zero-order chi connectivity index (χ0) is 13.0. The Morgan fingerprint density at radius 3 is 2.83 bits per heavy atom. The first-order valence-electron chi connectivity index (χ1n) is 7.44. The fourth-order valence-electron chi connectivity index (χ4n) is 3.10. The highest BCUT2D eigenvalue weighted by Gasteiger charge is 2.22. The molecule has 0 aromatic carbocycles. The molecule has 4 heteroatoms. The van der Waals surface area contributed by atoms with Gasteiger partial charge in [0, 0.05) is 31.7 Å².